The molecule has 0 saturated carbocycles. The second kappa shape index (κ2) is 5.29. The number of nitrogens with zero attached hydrogens (tertiary/aromatic N) is 1. The fourth-order valence-corrected chi connectivity index (χ4v) is 1.49. The first-order chi connectivity index (χ1) is 8.60. The highest BCUT2D eigenvalue weighted by Crippen LogP contribution is 2.25. The standard InChI is InChI=1S/C12H9ClF2N2O/c13-8-3-11(15)12(17-6-8)18-9-2-1-7(5-16)10(14)4-9/h1-4,6H,5,16H2. The predicted octanol–water partition coefficient (Wildman–Crippen LogP) is 3.26. The van der Waals surface area contributed by atoms with Gasteiger partial charge in [0.1, 0.15) is 11.6 Å². The molecular formula is C12H9ClF2N2O. The van der Waals surface area contributed by atoms with E-state index >= 15 is 0 Å². The molecule has 0 spiro atoms. The maximum absolute atomic E-state index is 13.4. The molecule has 2 N–H and O–H groups in total. The molecule has 0 unspecified atom stereocenters. The van der Waals surface area contributed by atoms with Gasteiger partial charge in [0, 0.05) is 24.4 Å². The van der Waals surface area contributed by atoms with E-state index in [4.69, 9.17) is 22.1 Å². The molecule has 0 aliphatic rings. The van der Waals surface area contributed by atoms with Crippen LogP contribution in [0.5, 0.6) is 11.6 Å². The lowest BCUT2D eigenvalue weighted by molar-refractivity contribution is 0.419. The van der Waals surface area contributed by atoms with E-state index in [-0.39, 0.29) is 23.2 Å². The van der Waals surface area contributed by atoms with Gasteiger partial charge in [-0.3, -0.25) is 0 Å². The van der Waals surface area contributed by atoms with Gasteiger partial charge in [-0.15, -0.1) is 0 Å². The Bertz CT molecular complexity index is 578. The van der Waals surface area contributed by atoms with Gasteiger partial charge in [-0.2, -0.15) is 0 Å². The number of halogens is 3. The zero-order valence-corrected chi connectivity index (χ0v) is 9.92. The highest BCUT2D eigenvalue weighted by atomic mass is 35.5. The number of hydrogen-bond donors (Lipinski definition) is 1. The summed E-state index contributed by atoms with van der Waals surface area (Å²) in [5.41, 5.74) is 5.68. The van der Waals surface area contributed by atoms with E-state index in [0.717, 1.165) is 12.1 Å². The number of nitrogens with two attached hydrogens (primary N) is 1. The normalized spacial score (nSPS) is 10.4. The molecule has 1 aromatic heterocycles. The van der Waals surface area contributed by atoms with E-state index in [1.165, 1.54) is 18.3 Å². The van der Waals surface area contributed by atoms with Crippen molar-refractivity contribution in [3.8, 4) is 11.6 Å². The summed E-state index contributed by atoms with van der Waals surface area (Å²) in [6.45, 7) is 0.0830. The SMILES string of the molecule is NCc1ccc(Oc2ncc(Cl)cc2F)cc1F. The van der Waals surface area contributed by atoms with Gasteiger partial charge in [0.05, 0.1) is 5.02 Å². The molecular weight excluding hydrogens is 262 g/mol. The topological polar surface area (TPSA) is 48.1 Å². The number of ether oxygens (including phenoxy) is 1. The van der Waals surface area contributed by atoms with E-state index in [9.17, 15) is 8.78 Å². The van der Waals surface area contributed by atoms with Crippen molar-refractivity contribution in [3.05, 3.63) is 52.7 Å². The van der Waals surface area contributed by atoms with Crippen LogP contribution >= 0.6 is 11.6 Å². The molecule has 2 rings (SSSR count). The molecule has 2 aromatic rings. The van der Waals surface area contributed by atoms with Gasteiger partial charge in [-0.05, 0) is 12.1 Å². The summed E-state index contributed by atoms with van der Waals surface area (Å²) in [6, 6.07) is 5.14. The van der Waals surface area contributed by atoms with Crippen LogP contribution in [0.2, 0.25) is 5.02 Å². The van der Waals surface area contributed by atoms with E-state index in [0.29, 0.717) is 5.56 Å². The summed E-state index contributed by atoms with van der Waals surface area (Å²) in [5, 5.41) is 0.157. The summed E-state index contributed by atoms with van der Waals surface area (Å²) < 4.78 is 31.9. The second-order valence-electron chi connectivity index (χ2n) is 3.50. The first kappa shape index (κ1) is 12.7. The maximum atomic E-state index is 13.4. The van der Waals surface area contributed by atoms with Crippen LogP contribution in [-0.2, 0) is 6.54 Å². The molecule has 1 aromatic carbocycles. The molecule has 94 valence electrons. The first-order valence-electron chi connectivity index (χ1n) is 5.07. The summed E-state index contributed by atoms with van der Waals surface area (Å²) >= 11 is 5.55. The van der Waals surface area contributed by atoms with Crippen LogP contribution in [-0.4, -0.2) is 4.98 Å². The third-order valence-corrected chi connectivity index (χ3v) is 2.44. The Morgan fingerprint density at radius 3 is 2.61 bits per heavy atom. The molecule has 3 nitrogen and oxygen atoms in total. The van der Waals surface area contributed by atoms with Crippen molar-refractivity contribution in [3.63, 3.8) is 0 Å². The van der Waals surface area contributed by atoms with Gasteiger partial charge in [-0.1, -0.05) is 17.7 Å². The maximum Gasteiger partial charge on any atom is 0.255 e. The zero-order valence-electron chi connectivity index (χ0n) is 9.16. The lowest BCUT2D eigenvalue weighted by atomic mass is 10.2. The molecule has 0 amide bonds. The van der Waals surface area contributed by atoms with E-state index < -0.39 is 11.6 Å². The second-order valence-corrected chi connectivity index (χ2v) is 3.94. The Hall–Kier alpha value is -1.72. The summed E-state index contributed by atoms with van der Waals surface area (Å²) in [5.74, 6) is -1.35. The van der Waals surface area contributed by atoms with Crippen LogP contribution in [0.25, 0.3) is 0 Å². The van der Waals surface area contributed by atoms with Crippen LogP contribution < -0.4 is 10.5 Å². The van der Waals surface area contributed by atoms with Gasteiger partial charge >= 0.3 is 0 Å². The number of hydrogen-bond acceptors (Lipinski definition) is 3. The molecule has 1 heterocycles. The fraction of sp³-hybridized carbons (Fsp3) is 0.0833. The van der Waals surface area contributed by atoms with Crippen molar-refractivity contribution in [1.29, 1.82) is 0 Å². The molecule has 0 radical (unpaired) electrons. The largest absolute Gasteiger partial charge is 0.436 e. The quantitative estimate of drug-likeness (QED) is 0.931. The minimum atomic E-state index is -0.717. The van der Waals surface area contributed by atoms with Crippen LogP contribution in [0.3, 0.4) is 0 Å². The highest BCUT2D eigenvalue weighted by molar-refractivity contribution is 6.30. The van der Waals surface area contributed by atoms with Crippen molar-refractivity contribution in [1.82, 2.24) is 4.98 Å². The monoisotopic (exact) mass is 270 g/mol. The number of benzene rings is 1. The molecule has 0 fully saturated rings. The fourth-order valence-electron chi connectivity index (χ4n) is 1.35. The molecule has 6 heteroatoms. The summed E-state index contributed by atoms with van der Waals surface area (Å²) in [7, 11) is 0. The number of pyridine rings is 1. The highest BCUT2D eigenvalue weighted by Gasteiger charge is 2.09. The molecule has 0 aliphatic heterocycles. The van der Waals surface area contributed by atoms with E-state index in [2.05, 4.69) is 4.98 Å². The molecule has 0 saturated heterocycles. The van der Waals surface area contributed by atoms with Gasteiger partial charge < -0.3 is 10.5 Å². The zero-order chi connectivity index (χ0) is 13.1. The minimum Gasteiger partial charge on any atom is -0.436 e. The van der Waals surface area contributed by atoms with E-state index in [1.807, 2.05) is 0 Å². The molecule has 18 heavy (non-hydrogen) atoms. The third-order valence-electron chi connectivity index (χ3n) is 2.23. The Morgan fingerprint density at radius 2 is 2.00 bits per heavy atom. The smallest absolute Gasteiger partial charge is 0.255 e. The van der Waals surface area contributed by atoms with Gasteiger partial charge in [0.15, 0.2) is 5.82 Å². The van der Waals surface area contributed by atoms with Crippen molar-refractivity contribution in [2.45, 2.75) is 6.54 Å². The number of rotatable bonds is 3. The number of aromatic nitrogens is 1. The first-order valence-corrected chi connectivity index (χ1v) is 5.45. The Labute approximate surface area is 107 Å². The lowest BCUT2D eigenvalue weighted by Crippen LogP contribution is -2.00. The van der Waals surface area contributed by atoms with Crippen LogP contribution in [0.15, 0.2) is 30.5 Å². The van der Waals surface area contributed by atoms with Crippen molar-refractivity contribution in [2.75, 3.05) is 0 Å². The Kier molecular flexibility index (Phi) is 3.74. The summed E-state index contributed by atoms with van der Waals surface area (Å²) in [6.07, 6.45) is 1.24. The van der Waals surface area contributed by atoms with Crippen LogP contribution in [0.1, 0.15) is 5.56 Å². The minimum absolute atomic E-state index is 0.0830. The third kappa shape index (κ3) is 2.75. The average molecular weight is 271 g/mol. The van der Waals surface area contributed by atoms with E-state index in [1.54, 1.807) is 0 Å². The van der Waals surface area contributed by atoms with Crippen molar-refractivity contribution in [2.24, 2.45) is 5.73 Å². The van der Waals surface area contributed by atoms with Gasteiger partial charge in [0.25, 0.3) is 5.88 Å². The van der Waals surface area contributed by atoms with Crippen LogP contribution in [0, 0.1) is 11.6 Å². The molecule has 0 atom stereocenters. The Morgan fingerprint density at radius 1 is 1.22 bits per heavy atom. The van der Waals surface area contributed by atoms with Gasteiger partial charge in [-0.25, -0.2) is 13.8 Å². The lowest BCUT2D eigenvalue weighted by Gasteiger charge is -2.07. The summed E-state index contributed by atoms with van der Waals surface area (Å²) in [4.78, 5) is 3.67. The molecule has 0 aliphatic carbocycles. The molecule has 0 bridgehead atoms. The predicted molar refractivity (Wildman–Crippen MR) is 63.6 cm³/mol. The average Bonchev–Trinajstić information content (AvgIpc) is 2.33. The van der Waals surface area contributed by atoms with Crippen LogP contribution in [0.4, 0.5) is 8.78 Å². The van der Waals surface area contributed by atoms with Gasteiger partial charge in [0.2, 0.25) is 0 Å². The van der Waals surface area contributed by atoms with Crippen molar-refractivity contribution >= 4 is 11.6 Å². The van der Waals surface area contributed by atoms with Crippen molar-refractivity contribution < 1.29 is 13.5 Å². The Balaban J connectivity index is 2.26.